The van der Waals surface area contributed by atoms with Crippen LogP contribution in [-0.4, -0.2) is 30.3 Å². The summed E-state index contributed by atoms with van der Waals surface area (Å²) in [7, 11) is 0. The van der Waals surface area contributed by atoms with E-state index < -0.39 is 11.7 Å². The van der Waals surface area contributed by atoms with E-state index in [9.17, 15) is 13.2 Å². The van der Waals surface area contributed by atoms with E-state index in [1.165, 1.54) is 12.3 Å². The van der Waals surface area contributed by atoms with Crippen LogP contribution in [0.25, 0.3) is 10.9 Å². The first-order valence-electron chi connectivity index (χ1n) is 8.38. The number of anilines is 1. The summed E-state index contributed by atoms with van der Waals surface area (Å²) in [6, 6.07) is 6.16. The van der Waals surface area contributed by atoms with Crippen molar-refractivity contribution in [3.05, 3.63) is 36.0 Å². The molecule has 126 valence electrons. The number of hydrogen-bond acceptors (Lipinski definition) is 3. The predicted molar refractivity (Wildman–Crippen MR) is 83.8 cm³/mol. The number of aromatic nitrogens is 1. The molecule has 24 heavy (non-hydrogen) atoms. The van der Waals surface area contributed by atoms with Crippen LogP contribution in [0, 0.1) is 11.8 Å². The Balaban J connectivity index is 1.57. The van der Waals surface area contributed by atoms with Gasteiger partial charge in [-0.2, -0.15) is 13.2 Å². The molecule has 0 saturated carbocycles. The van der Waals surface area contributed by atoms with E-state index in [-0.39, 0.29) is 5.52 Å². The first-order chi connectivity index (χ1) is 11.5. The van der Waals surface area contributed by atoms with Crippen molar-refractivity contribution in [2.45, 2.75) is 31.2 Å². The molecule has 1 aromatic carbocycles. The number of fused-ring (bicyclic) bond motifs is 6. The highest BCUT2D eigenvalue weighted by Gasteiger charge is 2.53. The summed E-state index contributed by atoms with van der Waals surface area (Å²) in [5.74, 6) is 1.02. The molecule has 3 fully saturated rings. The summed E-state index contributed by atoms with van der Waals surface area (Å²) < 4.78 is 45.8. The van der Waals surface area contributed by atoms with Gasteiger partial charge in [-0.15, -0.1) is 0 Å². The summed E-state index contributed by atoms with van der Waals surface area (Å²) in [5.41, 5.74) is 0.239. The molecule has 4 heterocycles. The molecule has 0 radical (unpaired) electrons. The van der Waals surface area contributed by atoms with Crippen LogP contribution in [-0.2, 0) is 10.9 Å². The van der Waals surface area contributed by atoms with E-state index in [0.29, 0.717) is 29.4 Å². The highest BCUT2D eigenvalue weighted by Crippen LogP contribution is 2.48. The normalized spacial score (nSPS) is 31.9. The lowest BCUT2D eigenvalue weighted by Gasteiger charge is -2.23. The summed E-state index contributed by atoms with van der Waals surface area (Å²) in [5, 5.41) is 0.584. The second-order valence-corrected chi connectivity index (χ2v) is 7.05. The van der Waals surface area contributed by atoms with Gasteiger partial charge in [-0.25, -0.2) is 0 Å². The van der Waals surface area contributed by atoms with Crippen molar-refractivity contribution in [2.75, 3.05) is 18.0 Å². The molecule has 0 N–H and O–H groups in total. The Labute approximate surface area is 137 Å². The number of hydrogen-bond donors (Lipinski definition) is 0. The highest BCUT2D eigenvalue weighted by molar-refractivity contribution is 5.93. The fourth-order valence-electron chi connectivity index (χ4n) is 4.82. The third kappa shape index (κ3) is 1.98. The summed E-state index contributed by atoms with van der Waals surface area (Å²) >= 11 is 0. The smallest absolute Gasteiger partial charge is 0.374 e. The van der Waals surface area contributed by atoms with Crippen molar-refractivity contribution in [1.29, 1.82) is 0 Å². The lowest BCUT2D eigenvalue weighted by Crippen LogP contribution is -2.24. The van der Waals surface area contributed by atoms with Crippen LogP contribution in [0.5, 0.6) is 0 Å². The quantitative estimate of drug-likeness (QED) is 0.792. The van der Waals surface area contributed by atoms with Crippen LogP contribution in [0.1, 0.15) is 18.4 Å². The van der Waals surface area contributed by atoms with Gasteiger partial charge in [0.15, 0.2) is 0 Å². The minimum absolute atomic E-state index is 0.0405. The van der Waals surface area contributed by atoms with Crippen LogP contribution < -0.4 is 4.90 Å². The van der Waals surface area contributed by atoms with Crippen LogP contribution in [0.4, 0.5) is 18.9 Å². The molecule has 1 aromatic heterocycles. The molecule has 0 amide bonds. The van der Waals surface area contributed by atoms with Gasteiger partial charge in [-0.1, -0.05) is 12.1 Å². The second kappa shape index (κ2) is 4.85. The summed E-state index contributed by atoms with van der Waals surface area (Å²) in [6.07, 6.45) is 0.0167. The van der Waals surface area contributed by atoms with Gasteiger partial charge in [0.05, 0.1) is 23.3 Å². The molecule has 4 atom stereocenters. The largest absolute Gasteiger partial charge is 0.418 e. The van der Waals surface area contributed by atoms with Crippen molar-refractivity contribution in [3.8, 4) is 0 Å². The Kier molecular flexibility index (Phi) is 2.93. The zero-order chi connectivity index (χ0) is 16.5. The average molecular weight is 334 g/mol. The number of nitrogens with zero attached hydrogens (tertiary/aromatic N) is 2. The molecular formula is C18H17F3N2O. The first kappa shape index (κ1) is 14.5. The van der Waals surface area contributed by atoms with Gasteiger partial charge < -0.3 is 9.64 Å². The van der Waals surface area contributed by atoms with E-state index in [4.69, 9.17) is 4.74 Å². The van der Waals surface area contributed by atoms with Crippen molar-refractivity contribution in [1.82, 2.24) is 4.98 Å². The Hall–Kier alpha value is -1.82. The van der Waals surface area contributed by atoms with Crippen LogP contribution >= 0.6 is 0 Å². The Morgan fingerprint density at radius 1 is 1.04 bits per heavy atom. The Bertz CT molecular complexity index is 788. The number of halogens is 3. The fourth-order valence-corrected chi connectivity index (χ4v) is 4.82. The number of alkyl halides is 3. The zero-order valence-electron chi connectivity index (χ0n) is 13.0. The van der Waals surface area contributed by atoms with Crippen LogP contribution in [0.15, 0.2) is 30.5 Å². The summed E-state index contributed by atoms with van der Waals surface area (Å²) in [4.78, 5) is 6.25. The minimum atomic E-state index is -4.39. The van der Waals surface area contributed by atoms with Crippen molar-refractivity contribution in [2.24, 2.45) is 11.8 Å². The van der Waals surface area contributed by atoms with Gasteiger partial charge in [-0.3, -0.25) is 4.98 Å². The molecule has 3 aliphatic heterocycles. The number of pyridine rings is 1. The number of para-hydroxylation sites is 1. The molecule has 0 spiro atoms. The topological polar surface area (TPSA) is 25.4 Å². The standard InChI is InChI=1S/C18H17F3N2O/c19-18(20,21)13-3-1-2-10-14(6-7-22-17(10)13)23-8-11-12(9-23)16-5-4-15(11)24-16/h1-3,6-7,11-12,15-16H,4-5,8-9H2/t11-,12+,15+,16-. The Morgan fingerprint density at radius 3 is 2.42 bits per heavy atom. The molecule has 0 unspecified atom stereocenters. The Morgan fingerprint density at radius 2 is 1.75 bits per heavy atom. The molecule has 3 nitrogen and oxygen atoms in total. The molecule has 5 rings (SSSR count). The number of rotatable bonds is 1. The van der Waals surface area contributed by atoms with Gasteiger partial charge in [-0.05, 0) is 25.0 Å². The van der Waals surface area contributed by atoms with Crippen molar-refractivity contribution >= 4 is 16.6 Å². The van der Waals surface area contributed by atoms with E-state index in [2.05, 4.69) is 9.88 Å². The van der Waals surface area contributed by atoms with E-state index in [1.807, 2.05) is 6.07 Å². The molecule has 3 aliphatic rings. The maximum atomic E-state index is 13.3. The van der Waals surface area contributed by atoms with Crippen molar-refractivity contribution < 1.29 is 17.9 Å². The predicted octanol–water partition coefficient (Wildman–Crippen LogP) is 3.87. The average Bonchev–Trinajstić information content (AvgIpc) is 3.25. The number of benzene rings is 1. The first-order valence-corrected chi connectivity index (χ1v) is 8.38. The molecule has 2 aromatic rings. The van der Waals surface area contributed by atoms with Gasteiger partial charge >= 0.3 is 6.18 Å². The third-order valence-corrected chi connectivity index (χ3v) is 5.85. The maximum absolute atomic E-state index is 13.3. The lowest BCUT2D eigenvalue weighted by atomic mass is 9.82. The van der Waals surface area contributed by atoms with Gasteiger partial charge in [0, 0.05) is 42.2 Å². The highest BCUT2D eigenvalue weighted by atomic mass is 19.4. The molecule has 0 aliphatic carbocycles. The minimum Gasteiger partial charge on any atom is -0.374 e. The SMILES string of the molecule is FC(F)(F)c1cccc2c(N3C[C@@H]4[C@H](C3)[C@H]3CC[C@@H]4O3)ccnc12. The van der Waals surface area contributed by atoms with E-state index in [0.717, 1.165) is 37.7 Å². The van der Waals surface area contributed by atoms with Gasteiger partial charge in [0.2, 0.25) is 0 Å². The van der Waals surface area contributed by atoms with Crippen LogP contribution in [0.2, 0.25) is 0 Å². The molecule has 6 heteroatoms. The fraction of sp³-hybridized carbons (Fsp3) is 0.500. The molecule has 2 bridgehead atoms. The number of ether oxygens (including phenoxy) is 1. The maximum Gasteiger partial charge on any atom is 0.418 e. The van der Waals surface area contributed by atoms with Crippen LogP contribution in [0.3, 0.4) is 0 Å². The molecular weight excluding hydrogens is 317 g/mol. The van der Waals surface area contributed by atoms with Crippen molar-refractivity contribution in [3.63, 3.8) is 0 Å². The lowest BCUT2D eigenvalue weighted by molar-refractivity contribution is -0.136. The third-order valence-electron chi connectivity index (χ3n) is 5.85. The van der Waals surface area contributed by atoms with Gasteiger partial charge in [0.25, 0.3) is 0 Å². The van der Waals surface area contributed by atoms with E-state index in [1.54, 1.807) is 6.07 Å². The van der Waals surface area contributed by atoms with E-state index >= 15 is 0 Å². The monoisotopic (exact) mass is 334 g/mol. The zero-order valence-corrected chi connectivity index (χ0v) is 13.0. The molecule has 3 saturated heterocycles. The second-order valence-electron chi connectivity index (χ2n) is 7.05. The summed E-state index contributed by atoms with van der Waals surface area (Å²) in [6.45, 7) is 1.72. The van der Waals surface area contributed by atoms with Gasteiger partial charge in [0.1, 0.15) is 0 Å².